The Morgan fingerprint density at radius 1 is 1.02 bits per heavy atom. The van der Waals surface area contributed by atoms with Crippen LogP contribution in [0.5, 0.6) is 11.5 Å². The molecule has 1 aliphatic rings. The van der Waals surface area contributed by atoms with Gasteiger partial charge < -0.3 is 24.7 Å². The summed E-state index contributed by atoms with van der Waals surface area (Å²) in [5.74, 6) is 1.12. The number of allylic oxidation sites excluding steroid dienone is 1. The standard InChI is InChI=1S/C32H26F3N5O3/c1-40-29-12-10-23(18-28(29)39-31(40)37-22-7-4-6-21(16-22)32(33,34)35)43-24-13-14-36-27(17-24)26-8-3-5-19-15-20(30(41)42-2)9-11-25(19)38-26/h4,6-18,38H,3,5H2,1-2H3,(H,37,39). The topological polar surface area (TPSA) is 90.3 Å². The van der Waals surface area contributed by atoms with Crippen molar-refractivity contribution in [3.8, 4) is 11.5 Å². The van der Waals surface area contributed by atoms with Gasteiger partial charge in [-0.1, -0.05) is 12.1 Å². The summed E-state index contributed by atoms with van der Waals surface area (Å²) in [6.07, 6.45) is 0.784. The van der Waals surface area contributed by atoms with E-state index in [1.807, 2.05) is 24.3 Å². The minimum Gasteiger partial charge on any atom is -0.465 e. The lowest BCUT2D eigenvalue weighted by atomic mass is 10.0. The molecule has 2 N–H and O–H groups in total. The Kier molecular flexibility index (Phi) is 7.22. The highest BCUT2D eigenvalue weighted by atomic mass is 19.4. The van der Waals surface area contributed by atoms with E-state index in [1.54, 1.807) is 48.1 Å². The second kappa shape index (κ2) is 11.2. The summed E-state index contributed by atoms with van der Waals surface area (Å²) < 4.78 is 52.2. The average molecular weight is 586 g/mol. The van der Waals surface area contributed by atoms with Gasteiger partial charge in [0.15, 0.2) is 0 Å². The van der Waals surface area contributed by atoms with Gasteiger partial charge in [-0.25, -0.2) is 9.78 Å². The van der Waals surface area contributed by atoms with Gasteiger partial charge in [0, 0.05) is 36.8 Å². The number of aryl methyl sites for hydroxylation is 2. The fourth-order valence-corrected chi connectivity index (χ4v) is 4.92. The molecular formula is C32H26F3N5O3. The predicted octanol–water partition coefficient (Wildman–Crippen LogP) is 7.71. The van der Waals surface area contributed by atoms with E-state index in [1.165, 1.54) is 13.2 Å². The number of hydrogen-bond donors (Lipinski definition) is 2. The van der Waals surface area contributed by atoms with E-state index in [0.717, 1.165) is 47.4 Å². The van der Waals surface area contributed by atoms with Gasteiger partial charge in [-0.05, 0) is 73.0 Å². The van der Waals surface area contributed by atoms with E-state index in [-0.39, 0.29) is 11.7 Å². The second-order valence-electron chi connectivity index (χ2n) is 9.97. The number of imidazole rings is 1. The number of fused-ring (bicyclic) bond motifs is 2. The Hall–Kier alpha value is -5.32. The number of benzene rings is 3. The third-order valence-electron chi connectivity index (χ3n) is 7.10. The molecule has 5 aromatic rings. The summed E-state index contributed by atoms with van der Waals surface area (Å²) in [7, 11) is 3.14. The molecule has 0 amide bonds. The Morgan fingerprint density at radius 3 is 2.67 bits per heavy atom. The van der Waals surface area contributed by atoms with E-state index >= 15 is 0 Å². The van der Waals surface area contributed by atoms with Crippen molar-refractivity contribution in [2.24, 2.45) is 7.05 Å². The van der Waals surface area contributed by atoms with Crippen molar-refractivity contribution < 1.29 is 27.4 Å². The maximum Gasteiger partial charge on any atom is 0.416 e. The molecule has 0 radical (unpaired) electrons. The first-order valence-electron chi connectivity index (χ1n) is 13.4. The summed E-state index contributed by atoms with van der Waals surface area (Å²) >= 11 is 0. The number of nitrogens with zero attached hydrogens (tertiary/aromatic N) is 3. The molecule has 2 aromatic heterocycles. The number of ether oxygens (including phenoxy) is 2. The SMILES string of the molecule is COC(=O)c1ccc2c(c1)CCC=C(c1cc(Oc3ccc4c(c3)nc(Nc3cccc(C(F)(F)F)c3)n4C)ccn1)N2. The molecule has 0 unspecified atom stereocenters. The first kappa shape index (κ1) is 27.8. The van der Waals surface area contributed by atoms with Crippen LogP contribution in [-0.2, 0) is 24.4 Å². The molecule has 6 rings (SSSR count). The molecule has 0 aliphatic carbocycles. The van der Waals surface area contributed by atoms with Gasteiger partial charge in [0.25, 0.3) is 0 Å². The van der Waals surface area contributed by atoms with E-state index < -0.39 is 11.7 Å². The number of carbonyl (C=O) groups excluding carboxylic acids is 1. The van der Waals surface area contributed by atoms with Crippen LogP contribution in [0.15, 0.2) is 85.1 Å². The Morgan fingerprint density at radius 2 is 1.86 bits per heavy atom. The van der Waals surface area contributed by atoms with Crippen molar-refractivity contribution in [2.75, 3.05) is 17.7 Å². The fourth-order valence-electron chi connectivity index (χ4n) is 4.92. The van der Waals surface area contributed by atoms with Gasteiger partial charge in [0.2, 0.25) is 5.95 Å². The molecule has 3 aromatic carbocycles. The molecule has 11 heteroatoms. The van der Waals surface area contributed by atoms with Crippen LogP contribution in [0.1, 0.15) is 33.6 Å². The van der Waals surface area contributed by atoms with Crippen molar-refractivity contribution in [3.05, 3.63) is 107 Å². The molecule has 0 atom stereocenters. The zero-order valence-corrected chi connectivity index (χ0v) is 23.2. The van der Waals surface area contributed by atoms with Gasteiger partial charge in [0.05, 0.1) is 40.7 Å². The van der Waals surface area contributed by atoms with E-state index in [9.17, 15) is 18.0 Å². The van der Waals surface area contributed by atoms with E-state index in [4.69, 9.17) is 9.47 Å². The van der Waals surface area contributed by atoms with Crippen LogP contribution in [0.25, 0.3) is 16.7 Å². The lowest BCUT2D eigenvalue weighted by Gasteiger charge is -2.13. The van der Waals surface area contributed by atoms with E-state index in [0.29, 0.717) is 34.2 Å². The minimum absolute atomic E-state index is 0.280. The molecule has 8 nitrogen and oxygen atoms in total. The van der Waals surface area contributed by atoms with Crippen LogP contribution in [0.4, 0.5) is 30.5 Å². The summed E-state index contributed by atoms with van der Waals surface area (Å²) in [5, 5.41) is 6.40. The maximum atomic E-state index is 13.1. The fraction of sp³-hybridized carbons (Fsp3) is 0.156. The minimum atomic E-state index is -4.44. The Bertz CT molecular complexity index is 1880. The Balaban J connectivity index is 1.20. The largest absolute Gasteiger partial charge is 0.465 e. The van der Waals surface area contributed by atoms with E-state index in [2.05, 4.69) is 26.7 Å². The maximum absolute atomic E-state index is 13.1. The number of halogens is 3. The first-order valence-corrected chi connectivity index (χ1v) is 13.4. The quantitative estimate of drug-likeness (QED) is 0.197. The highest BCUT2D eigenvalue weighted by Crippen LogP contribution is 2.33. The first-order chi connectivity index (χ1) is 20.7. The molecular weight excluding hydrogens is 559 g/mol. The summed E-state index contributed by atoms with van der Waals surface area (Å²) in [5.41, 5.74) is 4.83. The third-order valence-corrected chi connectivity index (χ3v) is 7.10. The van der Waals surface area contributed by atoms with Crippen molar-refractivity contribution in [2.45, 2.75) is 19.0 Å². The number of nitrogens with one attached hydrogen (secondary N) is 2. The zero-order valence-electron chi connectivity index (χ0n) is 23.2. The highest BCUT2D eigenvalue weighted by Gasteiger charge is 2.30. The van der Waals surface area contributed by atoms with Crippen LogP contribution in [0.3, 0.4) is 0 Å². The summed E-state index contributed by atoms with van der Waals surface area (Å²) in [4.78, 5) is 21.0. The zero-order chi connectivity index (χ0) is 30.1. The number of anilines is 3. The second-order valence-corrected chi connectivity index (χ2v) is 9.97. The molecule has 43 heavy (non-hydrogen) atoms. The number of methoxy groups -OCH3 is 1. The highest BCUT2D eigenvalue weighted by molar-refractivity contribution is 5.91. The molecule has 0 spiro atoms. The number of hydrogen-bond acceptors (Lipinski definition) is 7. The monoisotopic (exact) mass is 585 g/mol. The van der Waals surface area contributed by atoms with Gasteiger partial charge in [-0.3, -0.25) is 4.98 Å². The number of rotatable bonds is 6. The molecule has 0 saturated heterocycles. The van der Waals surface area contributed by atoms with Crippen molar-refractivity contribution >= 4 is 40.0 Å². The lowest BCUT2D eigenvalue weighted by Crippen LogP contribution is -2.06. The third kappa shape index (κ3) is 5.87. The Labute approximate surface area is 244 Å². The van der Waals surface area contributed by atoms with Gasteiger partial charge in [-0.15, -0.1) is 0 Å². The molecule has 0 bridgehead atoms. The number of carbonyl (C=O) groups is 1. The normalized spacial score (nSPS) is 13.0. The molecule has 3 heterocycles. The number of aromatic nitrogens is 3. The molecule has 0 saturated carbocycles. The van der Waals surface area contributed by atoms with Crippen LogP contribution < -0.4 is 15.4 Å². The molecule has 0 fully saturated rings. The van der Waals surface area contributed by atoms with Crippen LogP contribution >= 0.6 is 0 Å². The number of esters is 1. The van der Waals surface area contributed by atoms with Gasteiger partial charge in [0.1, 0.15) is 11.5 Å². The van der Waals surface area contributed by atoms with Crippen molar-refractivity contribution in [3.63, 3.8) is 0 Å². The van der Waals surface area contributed by atoms with Gasteiger partial charge >= 0.3 is 12.1 Å². The molecule has 1 aliphatic heterocycles. The van der Waals surface area contributed by atoms with Crippen LogP contribution in [0.2, 0.25) is 0 Å². The number of alkyl halides is 3. The van der Waals surface area contributed by atoms with Crippen molar-refractivity contribution in [1.29, 1.82) is 0 Å². The smallest absolute Gasteiger partial charge is 0.416 e. The number of pyridine rings is 1. The molecule has 218 valence electrons. The van der Waals surface area contributed by atoms with Crippen LogP contribution in [0, 0.1) is 0 Å². The van der Waals surface area contributed by atoms with Crippen LogP contribution in [-0.4, -0.2) is 27.6 Å². The summed E-state index contributed by atoms with van der Waals surface area (Å²) in [6, 6.07) is 19.4. The predicted molar refractivity (Wildman–Crippen MR) is 157 cm³/mol. The average Bonchev–Trinajstić information content (AvgIpc) is 3.15. The van der Waals surface area contributed by atoms with Crippen molar-refractivity contribution in [1.82, 2.24) is 14.5 Å². The summed E-state index contributed by atoms with van der Waals surface area (Å²) in [6.45, 7) is 0. The lowest BCUT2D eigenvalue weighted by molar-refractivity contribution is -0.137. The van der Waals surface area contributed by atoms with Gasteiger partial charge in [-0.2, -0.15) is 13.2 Å².